The summed E-state index contributed by atoms with van der Waals surface area (Å²) < 4.78 is 2.12. The van der Waals surface area contributed by atoms with Gasteiger partial charge in [-0.1, -0.05) is 11.8 Å². The average Bonchev–Trinajstić information content (AvgIpc) is 2.99. The molecule has 3 heterocycles. The van der Waals surface area contributed by atoms with Crippen molar-refractivity contribution in [2.75, 3.05) is 39.0 Å². The topological polar surface area (TPSA) is 72.0 Å². The number of anilines is 1. The number of nitrogens with one attached hydrogen (secondary N) is 1. The summed E-state index contributed by atoms with van der Waals surface area (Å²) >= 11 is 1.76. The average molecular weight is 354 g/mol. The van der Waals surface area contributed by atoms with E-state index in [1.54, 1.807) is 11.8 Å². The smallest absolute Gasteiger partial charge is 0.103 e. The van der Waals surface area contributed by atoms with Gasteiger partial charge < -0.3 is 16.0 Å². The predicted molar refractivity (Wildman–Crippen MR) is 103 cm³/mol. The van der Waals surface area contributed by atoms with Crippen molar-refractivity contribution in [2.24, 2.45) is 5.73 Å². The van der Waals surface area contributed by atoms with Crippen molar-refractivity contribution in [3.63, 3.8) is 0 Å². The van der Waals surface area contributed by atoms with E-state index >= 15 is 0 Å². The zero-order valence-electron chi connectivity index (χ0n) is 14.5. The fourth-order valence-electron chi connectivity index (χ4n) is 3.11. The van der Waals surface area contributed by atoms with Gasteiger partial charge in [0.05, 0.1) is 12.1 Å². The first-order chi connectivity index (χ1) is 12.2. The quantitative estimate of drug-likeness (QED) is 0.554. The molecule has 1 aliphatic rings. The van der Waals surface area contributed by atoms with Gasteiger partial charge in [0.15, 0.2) is 0 Å². The Balaban J connectivity index is 1.90. The van der Waals surface area contributed by atoms with E-state index in [2.05, 4.69) is 52.2 Å². The van der Waals surface area contributed by atoms with Crippen LogP contribution >= 0.6 is 11.8 Å². The summed E-state index contributed by atoms with van der Waals surface area (Å²) in [4.78, 5) is 8.84. The van der Waals surface area contributed by atoms with E-state index in [0.29, 0.717) is 6.54 Å². The van der Waals surface area contributed by atoms with Crippen LogP contribution in [0.4, 0.5) is 5.69 Å². The highest BCUT2D eigenvalue weighted by molar-refractivity contribution is 8.00. The van der Waals surface area contributed by atoms with Gasteiger partial charge in [-0.05, 0) is 32.3 Å². The molecular formula is C18H22N6S. The van der Waals surface area contributed by atoms with Crippen LogP contribution < -0.4 is 11.1 Å². The highest BCUT2D eigenvalue weighted by Gasteiger charge is 2.26. The fourth-order valence-corrected chi connectivity index (χ4v) is 4.28. The van der Waals surface area contributed by atoms with Gasteiger partial charge in [0.1, 0.15) is 5.69 Å². The maximum atomic E-state index is 5.67. The zero-order chi connectivity index (χ0) is 17.4. The van der Waals surface area contributed by atoms with Gasteiger partial charge >= 0.3 is 0 Å². The Morgan fingerprint density at radius 2 is 2.16 bits per heavy atom. The molecule has 0 atom stereocenters. The van der Waals surface area contributed by atoms with Crippen LogP contribution in [-0.2, 0) is 6.54 Å². The third kappa shape index (κ3) is 2.88. The van der Waals surface area contributed by atoms with Gasteiger partial charge in [-0.3, -0.25) is 9.67 Å². The SMILES string of the molecule is CN(C)CCn1nc2c3c(c(NCCN)ccc31)Sc1cnccc1-2. The minimum atomic E-state index is 0.606. The molecule has 1 aromatic carbocycles. The van der Waals surface area contributed by atoms with Gasteiger partial charge in [0.2, 0.25) is 0 Å². The molecule has 2 aromatic heterocycles. The molecule has 3 aromatic rings. The second-order valence-corrected chi connectivity index (χ2v) is 7.45. The highest BCUT2D eigenvalue weighted by atomic mass is 32.2. The second kappa shape index (κ2) is 6.67. The molecule has 1 aliphatic heterocycles. The number of fused-ring (bicyclic) bond motifs is 2. The number of rotatable bonds is 6. The van der Waals surface area contributed by atoms with Crippen LogP contribution in [0.15, 0.2) is 40.4 Å². The number of hydrogen-bond donors (Lipinski definition) is 2. The first-order valence-corrected chi connectivity index (χ1v) is 9.25. The Morgan fingerprint density at radius 1 is 1.28 bits per heavy atom. The number of pyridine rings is 1. The lowest BCUT2D eigenvalue weighted by molar-refractivity contribution is 0.377. The van der Waals surface area contributed by atoms with Crippen molar-refractivity contribution in [2.45, 2.75) is 16.3 Å². The lowest BCUT2D eigenvalue weighted by Crippen LogP contribution is -2.19. The van der Waals surface area contributed by atoms with Crippen LogP contribution in [0.2, 0.25) is 0 Å². The number of benzene rings is 1. The maximum absolute atomic E-state index is 5.67. The molecule has 0 radical (unpaired) electrons. The summed E-state index contributed by atoms with van der Waals surface area (Å²) in [6.45, 7) is 3.18. The van der Waals surface area contributed by atoms with Crippen LogP contribution in [0.1, 0.15) is 0 Å². The van der Waals surface area contributed by atoms with Crippen molar-refractivity contribution < 1.29 is 0 Å². The molecule has 7 heteroatoms. The first-order valence-electron chi connectivity index (χ1n) is 8.43. The largest absolute Gasteiger partial charge is 0.383 e. The molecule has 6 nitrogen and oxygen atoms in total. The van der Waals surface area contributed by atoms with E-state index < -0.39 is 0 Å². The number of nitrogens with two attached hydrogens (primary N) is 1. The molecule has 0 aliphatic carbocycles. The van der Waals surface area contributed by atoms with Crippen LogP contribution in [0, 0.1) is 0 Å². The van der Waals surface area contributed by atoms with Gasteiger partial charge in [-0.25, -0.2) is 0 Å². The summed E-state index contributed by atoms with van der Waals surface area (Å²) in [7, 11) is 4.17. The number of aromatic nitrogens is 3. The predicted octanol–water partition coefficient (Wildman–Crippen LogP) is 2.50. The monoisotopic (exact) mass is 354 g/mol. The number of nitrogens with zero attached hydrogens (tertiary/aromatic N) is 4. The van der Waals surface area contributed by atoms with Crippen molar-refractivity contribution >= 4 is 28.4 Å². The van der Waals surface area contributed by atoms with Gasteiger partial charge in [0.25, 0.3) is 0 Å². The Labute approximate surface area is 151 Å². The van der Waals surface area contributed by atoms with Crippen LogP contribution in [0.25, 0.3) is 22.2 Å². The molecule has 0 saturated heterocycles. The lowest BCUT2D eigenvalue weighted by Gasteiger charge is -2.18. The summed E-state index contributed by atoms with van der Waals surface area (Å²) in [6.07, 6.45) is 3.76. The standard InChI is InChI=1S/C18H22N6S/c1-23(2)9-10-24-14-4-3-13(21-8-6-19)18-16(14)17(22-24)12-5-7-20-11-15(12)25-18/h3-5,7,11,21H,6,8-10,19H2,1-2H3. The summed E-state index contributed by atoms with van der Waals surface area (Å²) in [5.74, 6) is 0. The van der Waals surface area contributed by atoms with Crippen molar-refractivity contribution in [3.05, 3.63) is 30.6 Å². The third-order valence-electron chi connectivity index (χ3n) is 4.34. The summed E-state index contributed by atoms with van der Waals surface area (Å²) in [5, 5.41) is 9.62. The van der Waals surface area contributed by atoms with Crippen LogP contribution in [0.3, 0.4) is 0 Å². The molecule has 3 N–H and O–H groups in total. The number of hydrogen-bond acceptors (Lipinski definition) is 6. The minimum Gasteiger partial charge on any atom is -0.383 e. The van der Waals surface area contributed by atoms with E-state index in [1.807, 2.05) is 12.4 Å². The molecule has 130 valence electrons. The Kier molecular flexibility index (Phi) is 4.37. The van der Waals surface area contributed by atoms with Gasteiger partial charge in [-0.2, -0.15) is 5.10 Å². The third-order valence-corrected chi connectivity index (χ3v) is 5.52. The fraction of sp³-hybridized carbons (Fsp3) is 0.333. The highest BCUT2D eigenvalue weighted by Crippen LogP contribution is 2.49. The van der Waals surface area contributed by atoms with Gasteiger partial charge in [-0.15, -0.1) is 0 Å². The summed E-state index contributed by atoms with van der Waals surface area (Å²) in [5.41, 5.74) is 10.2. The molecule has 0 amide bonds. The first kappa shape index (κ1) is 16.4. The molecule has 0 saturated carbocycles. The van der Waals surface area contributed by atoms with E-state index in [9.17, 15) is 0 Å². The summed E-state index contributed by atoms with van der Waals surface area (Å²) in [6, 6.07) is 6.36. The normalized spacial score (nSPS) is 12.6. The molecule has 25 heavy (non-hydrogen) atoms. The Bertz CT molecular complexity index is 917. The number of likely N-dealkylation sites (N-methyl/N-ethyl adjacent to an activating group) is 1. The van der Waals surface area contributed by atoms with Crippen LogP contribution in [0.5, 0.6) is 0 Å². The Morgan fingerprint density at radius 3 is 2.96 bits per heavy atom. The van der Waals surface area contributed by atoms with E-state index in [-0.39, 0.29) is 0 Å². The van der Waals surface area contributed by atoms with E-state index in [4.69, 9.17) is 10.8 Å². The maximum Gasteiger partial charge on any atom is 0.103 e. The minimum absolute atomic E-state index is 0.606. The molecule has 0 bridgehead atoms. The van der Waals surface area contributed by atoms with E-state index in [0.717, 1.165) is 41.5 Å². The van der Waals surface area contributed by atoms with E-state index in [1.165, 1.54) is 15.8 Å². The molecular weight excluding hydrogens is 332 g/mol. The molecule has 0 fully saturated rings. The molecule has 0 spiro atoms. The van der Waals surface area contributed by atoms with Crippen molar-refractivity contribution in [1.29, 1.82) is 0 Å². The van der Waals surface area contributed by atoms with Gasteiger partial charge in [0, 0.05) is 58.5 Å². The molecule has 0 unspecified atom stereocenters. The Hall–Kier alpha value is -2.09. The van der Waals surface area contributed by atoms with Crippen LogP contribution in [-0.4, -0.2) is 53.4 Å². The molecule has 4 rings (SSSR count). The lowest BCUT2D eigenvalue weighted by atomic mass is 10.1. The second-order valence-electron chi connectivity index (χ2n) is 6.40. The zero-order valence-corrected chi connectivity index (χ0v) is 15.3. The van der Waals surface area contributed by atoms with Crippen molar-refractivity contribution in [3.8, 4) is 11.3 Å². The van der Waals surface area contributed by atoms with Crippen molar-refractivity contribution in [1.82, 2.24) is 19.7 Å².